The summed E-state index contributed by atoms with van der Waals surface area (Å²) < 4.78 is 6.78. The molecule has 0 aliphatic carbocycles. The number of aryl methyl sites for hydroxylation is 2. The zero-order valence-electron chi connectivity index (χ0n) is 15.7. The number of halogens is 1. The smallest absolute Gasteiger partial charge is 0.341 e. The molecule has 1 N–H and O–H groups in total. The van der Waals surface area contributed by atoms with Gasteiger partial charge < -0.3 is 10.1 Å². The summed E-state index contributed by atoms with van der Waals surface area (Å²) in [4.78, 5) is 28.1. The normalized spacial score (nSPS) is 10.6. The Bertz CT molecular complexity index is 1030. The summed E-state index contributed by atoms with van der Waals surface area (Å²) in [5.41, 5.74) is 4.17. The van der Waals surface area contributed by atoms with Crippen molar-refractivity contribution in [1.29, 1.82) is 0 Å². The Morgan fingerprint density at radius 1 is 1.14 bits per heavy atom. The van der Waals surface area contributed by atoms with Crippen molar-refractivity contribution in [3.8, 4) is 5.69 Å². The van der Waals surface area contributed by atoms with E-state index in [1.807, 2.05) is 38.1 Å². The first-order valence-electron chi connectivity index (χ1n) is 8.57. The van der Waals surface area contributed by atoms with E-state index in [9.17, 15) is 9.59 Å². The number of rotatable bonds is 5. The van der Waals surface area contributed by atoms with Crippen molar-refractivity contribution in [2.24, 2.45) is 0 Å². The average molecular weight is 399 g/mol. The van der Waals surface area contributed by atoms with E-state index in [0.29, 0.717) is 11.4 Å². The molecular formula is C20H19ClN4O3. The largest absolute Gasteiger partial charge is 0.452 e. The van der Waals surface area contributed by atoms with Crippen LogP contribution in [0, 0.1) is 20.8 Å². The Balaban J connectivity index is 1.68. The van der Waals surface area contributed by atoms with E-state index in [1.54, 1.807) is 17.7 Å². The number of nitrogens with zero attached hydrogens (tertiary/aromatic N) is 3. The van der Waals surface area contributed by atoms with Crippen LogP contribution in [0.1, 0.15) is 27.3 Å². The van der Waals surface area contributed by atoms with Gasteiger partial charge in [0.05, 0.1) is 28.3 Å². The van der Waals surface area contributed by atoms with Gasteiger partial charge in [0.15, 0.2) is 6.61 Å². The van der Waals surface area contributed by atoms with Crippen LogP contribution in [0.25, 0.3) is 5.69 Å². The summed E-state index contributed by atoms with van der Waals surface area (Å²) in [6.07, 6.45) is 1.46. The molecule has 7 nitrogen and oxygen atoms in total. The van der Waals surface area contributed by atoms with Gasteiger partial charge in [0.1, 0.15) is 5.15 Å². The zero-order valence-corrected chi connectivity index (χ0v) is 16.4. The number of esters is 1. The molecule has 2 aromatic heterocycles. The van der Waals surface area contributed by atoms with Crippen molar-refractivity contribution < 1.29 is 14.3 Å². The summed E-state index contributed by atoms with van der Waals surface area (Å²) in [5.74, 6) is -1.18. The van der Waals surface area contributed by atoms with E-state index < -0.39 is 18.5 Å². The van der Waals surface area contributed by atoms with E-state index >= 15 is 0 Å². The van der Waals surface area contributed by atoms with Crippen molar-refractivity contribution in [3.05, 3.63) is 70.3 Å². The number of hydrogen-bond acceptors (Lipinski definition) is 5. The predicted octanol–water partition coefficient (Wildman–Crippen LogP) is 3.64. The van der Waals surface area contributed by atoms with Gasteiger partial charge >= 0.3 is 5.97 Å². The molecule has 0 bridgehead atoms. The third kappa shape index (κ3) is 4.20. The van der Waals surface area contributed by atoms with Crippen molar-refractivity contribution in [3.63, 3.8) is 0 Å². The Morgan fingerprint density at radius 2 is 1.86 bits per heavy atom. The molecular weight excluding hydrogens is 380 g/mol. The van der Waals surface area contributed by atoms with Gasteiger partial charge in [0.2, 0.25) is 0 Å². The maximum atomic E-state index is 12.3. The fourth-order valence-corrected chi connectivity index (χ4v) is 2.88. The van der Waals surface area contributed by atoms with Crippen LogP contribution in [0.3, 0.4) is 0 Å². The summed E-state index contributed by atoms with van der Waals surface area (Å²) in [6, 6.07) is 10.9. The number of benzene rings is 1. The molecule has 144 valence electrons. The van der Waals surface area contributed by atoms with Crippen LogP contribution in [-0.2, 0) is 9.53 Å². The number of carbonyl (C=O) groups is 2. The highest BCUT2D eigenvalue weighted by molar-refractivity contribution is 6.32. The van der Waals surface area contributed by atoms with Gasteiger partial charge in [-0.1, -0.05) is 29.3 Å². The standard InChI is InChI=1S/C20H19ClN4O3/c1-12-6-8-15(9-7-12)25-14(3)18(13(2)24-25)23-17(26)11-28-20(27)16-5-4-10-22-19(16)21/h4-10H,11H2,1-3H3,(H,23,26). The number of aromatic nitrogens is 3. The SMILES string of the molecule is Cc1ccc(-n2nc(C)c(NC(=O)COC(=O)c3cccnc3Cl)c2C)cc1. The van der Waals surface area contributed by atoms with Crippen LogP contribution in [0.4, 0.5) is 5.69 Å². The highest BCUT2D eigenvalue weighted by Gasteiger charge is 2.18. The van der Waals surface area contributed by atoms with Gasteiger partial charge in [0, 0.05) is 6.20 Å². The topological polar surface area (TPSA) is 86.1 Å². The Labute approximate surface area is 167 Å². The van der Waals surface area contributed by atoms with E-state index in [4.69, 9.17) is 16.3 Å². The monoisotopic (exact) mass is 398 g/mol. The quantitative estimate of drug-likeness (QED) is 0.523. The minimum absolute atomic E-state index is 0.0268. The molecule has 1 amide bonds. The maximum Gasteiger partial charge on any atom is 0.341 e. The Kier molecular flexibility index (Phi) is 5.75. The molecule has 0 atom stereocenters. The van der Waals surface area contributed by atoms with Crippen LogP contribution in [0.15, 0.2) is 42.6 Å². The molecule has 1 aromatic carbocycles. The van der Waals surface area contributed by atoms with E-state index in [1.165, 1.54) is 12.3 Å². The summed E-state index contributed by atoms with van der Waals surface area (Å²) in [7, 11) is 0. The molecule has 0 spiro atoms. The fourth-order valence-electron chi connectivity index (χ4n) is 2.68. The third-order valence-electron chi connectivity index (χ3n) is 4.15. The Hall–Kier alpha value is -3.19. The highest BCUT2D eigenvalue weighted by atomic mass is 35.5. The first kappa shape index (κ1) is 19.6. The molecule has 2 heterocycles. The molecule has 0 unspecified atom stereocenters. The number of anilines is 1. The first-order valence-corrected chi connectivity index (χ1v) is 8.95. The lowest BCUT2D eigenvalue weighted by Gasteiger charge is -2.08. The van der Waals surface area contributed by atoms with Gasteiger partial charge in [-0.2, -0.15) is 5.10 Å². The molecule has 0 fully saturated rings. The molecule has 3 rings (SSSR count). The van der Waals surface area contributed by atoms with Crippen molar-refractivity contribution in [2.45, 2.75) is 20.8 Å². The van der Waals surface area contributed by atoms with Crippen molar-refractivity contribution in [1.82, 2.24) is 14.8 Å². The average Bonchev–Trinajstić information content (AvgIpc) is 2.95. The number of hydrogen-bond donors (Lipinski definition) is 1. The second-order valence-electron chi connectivity index (χ2n) is 6.26. The molecule has 0 saturated heterocycles. The van der Waals surface area contributed by atoms with Crippen LogP contribution >= 0.6 is 11.6 Å². The number of carbonyl (C=O) groups excluding carboxylic acids is 2. The minimum atomic E-state index is -0.711. The van der Waals surface area contributed by atoms with Crippen LogP contribution in [-0.4, -0.2) is 33.2 Å². The minimum Gasteiger partial charge on any atom is -0.452 e. The van der Waals surface area contributed by atoms with Crippen molar-refractivity contribution >= 4 is 29.2 Å². The number of pyridine rings is 1. The molecule has 8 heteroatoms. The summed E-state index contributed by atoms with van der Waals surface area (Å²) in [6.45, 7) is 5.22. The second kappa shape index (κ2) is 8.22. The van der Waals surface area contributed by atoms with E-state index in [-0.39, 0.29) is 10.7 Å². The van der Waals surface area contributed by atoms with Gasteiger partial charge in [-0.05, 0) is 45.0 Å². The molecule has 0 aliphatic heterocycles. The van der Waals surface area contributed by atoms with E-state index in [0.717, 1.165) is 16.9 Å². The van der Waals surface area contributed by atoms with Crippen LogP contribution in [0.2, 0.25) is 5.15 Å². The summed E-state index contributed by atoms with van der Waals surface area (Å²) >= 11 is 5.85. The maximum absolute atomic E-state index is 12.3. The van der Waals surface area contributed by atoms with Gasteiger partial charge in [-0.15, -0.1) is 0 Å². The second-order valence-corrected chi connectivity index (χ2v) is 6.62. The highest BCUT2D eigenvalue weighted by Crippen LogP contribution is 2.23. The lowest BCUT2D eigenvalue weighted by molar-refractivity contribution is -0.119. The van der Waals surface area contributed by atoms with Crippen molar-refractivity contribution in [2.75, 3.05) is 11.9 Å². The molecule has 0 radical (unpaired) electrons. The summed E-state index contributed by atoms with van der Waals surface area (Å²) in [5, 5.41) is 7.27. The molecule has 0 aliphatic rings. The number of amides is 1. The zero-order chi connectivity index (χ0) is 20.3. The molecule has 3 aromatic rings. The Morgan fingerprint density at radius 3 is 2.54 bits per heavy atom. The van der Waals surface area contributed by atoms with Crippen LogP contribution < -0.4 is 5.32 Å². The number of ether oxygens (including phenoxy) is 1. The van der Waals surface area contributed by atoms with Gasteiger partial charge in [-0.25, -0.2) is 14.5 Å². The fraction of sp³-hybridized carbons (Fsp3) is 0.200. The van der Waals surface area contributed by atoms with Crippen LogP contribution in [0.5, 0.6) is 0 Å². The van der Waals surface area contributed by atoms with Gasteiger partial charge in [0.25, 0.3) is 5.91 Å². The molecule has 28 heavy (non-hydrogen) atoms. The first-order chi connectivity index (χ1) is 13.4. The predicted molar refractivity (Wildman–Crippen MR) is 106 cm³/mol. The number of nitrogens with one attached hydrogen (secondary N) is 1. The lowest BCUT2D eigenvalue weighted by Crippen LogP contribution is -2.21. The lowest BCUT2D eigenvalue weighted by atomic mass is 10.2. The van der Waals surface area contributed by atoms with E-state index in [2.05, 4.69) is 15.4 Å². The van der Waals surface area contributed by atoms with Gasteiger partial charge in [-0.3, -0.25) is 4.79 Å². The third-order valence-corrected chi connectivity index (χ3v) is 4.45. The molecule has 0 saturated carbocycles.